The van der Waals surface area contributed by atoms with Crippen LogP contribution < -0.4 is 15.1 Å². The van der Waals surface area contributed by atoms with Gasteiger partial charge in [-0.3, -0.25) is 0 Å². The van der Waals surface area contributed by atoms with Crippen molar-refractivity contribution in [2.45, 2.75) is 6.42 Å². The molecule has 0 bridgehead atoms. The Labute approximate surface area is 97.7 Å². The van der Waals surface area contributed by atoms with Gasteiger partial charge in [0.05, 0.1) is 48.3 Å². The van der Waals surface area contributed by atoms with E-state index in [2.05, 4.69) is 35.2 Å². The van der Waals surface area contributed by atoms with E-state index in [0.717, 1.165) is 4.48 Å². The third kappa shape index (κ3) is 52.7. The summed E-state index contributed by atoms with van der Waals surface area (Å²) in [5.41, 5.74) is 0. The lowest BCUT2D eigenvalue weighted by atomic mass is 10.3. The number of carboxylic acid groups (broad SMARTS) is 2. The molecular formula is C10H24N2O4. The predicted molar refractivity (Wildman–Crippen MR) is 57.3 cm³/mol. The third-order valence-electron chi connectivity index (χ3n) is 1.51. The molecule has 0 atom stereocenters. The summed E-state index contributed by atoms with van der Waals surface area (Å²) in [6, 6.07) is 0. The van der Waals surface area contributed by atoms with Crippen LogP contribution in [0.3, 0.4) is 0 Å². The van der Waals surface area contributed by atoms with Gasteiger partial charge in [-0.05, 0) is 0 Å². The number of carbonyl (C=O) groups is 2. The molecule has 0 saturated carbocycles. The van der Waals surface area contributed by atoms with E-state index in [1.807, 2.05) is 0 Å². The van der Waals surface area contributed by atoms with Crippen molar-refractivity contribution in [2.75, 3.05) is 48.3 Å². The molecule has 0 rings (SSSR count). The van der Waals surface area contributed by atoms with Crippen molar-refractivity contribution >= 4 is 12.9 Å². The van der Waals surface area contributed by atoms with E-state index in [9.17, 15) is 0 Å². The van der Waals surface area contributed by atoms with Crippen LogP contribution in [0, 0.1) is 0 Å². The minimum Gasteiger partial charge on any atom is -0.554 e. The molecule has 6 nitrogen and oxygen atoms in total. The summed E-state index contributed by atoms with van der Waals surface area (Å²) in [6.07, 6.45) is 1.33. The Bertz CT molecular complexity index is 149. The Kier molecular flexibility index (Phi) is 17.6. The maximum Gasteiger partial charge on any atom is 0.0834 e. The molecule has 1 N–H and O–H groups in total. The molecule has 0 amide bonds. The topological polar surface area (TPSA) is 84.7 Å². The van der Waals surface area contributed by atoms with Gasteiger partial charge in [0.15, 0.2) is 0 Å². The fraction of sp³-hybridized carbons (Fsp3) is 0.800. The summed E-state index contributed by atoms with van der Waals surface area (Å²) in [7, 11) is 11.1. The number of quaternary nitrogens is 2. The summed E-state index contributed by atoms with van der Waals surface area (Å²) in [4.78, 5) is 18.0. The van der Waals surface area contributed by atoms with Crippen LogP contribution in [0.25, 0.3) is 0 Å². The summed E-state index contributed by atoms with van der Waals surface area (Å²) in [5, 5.41) is 16.5. The number of carbonyl (C=O) groups excluding carboxylic acids is 2. The van der Waals surface area contributed by atoms with Crippen LogP contribution in [-0.4, -0.2) is 65.8 Å². The van der Waals surface area contributed by atoms with Gasteiger partial charge >= 0.3 is 0 Å². The SMILES string of the molecule is C[NH+](C)CCC[N+](C)(C)C.O=C[O-].O=C[O-]. The Morgan fingerprint density at radius 3 is 1.56 bits per heavy atom. The molecule has 0 unspecified atom stereocenters. The van der Waals surface area contributed by atoms with Crippen LogP contribution in [-0.2, 0) is 9.59 Å². The first-order chi connectivity index (χ1) is 7.24. The van der Waals surface area contributed by atoms with Crippen LogP contribution in [0.1, 0.15) is 6.42 Å². The fourth-order valence-corrected chi connectivity index (χ4v) is 0.907. The van der Waals surface area contributed by atoms with Crippen molar-refractivity contribution in [3.05, 3.63) is 0 Å². The highest BCUT2D eigenvalue weighted by Gasteiger charge is 2.06. The predicted octanol–water partition coefficient (Wildman–Crippen LogP) is -4.04. The quantitative estimate of drug-likeness (QED) is 0.398. The standard InChI is InChI=1S/C8H21N2.2CH2O2/c1-9(2)7-6-8-10(3,4)5;2*2-1-3/h6-8H2,1-5H3;2*1H,(H,2,3)/q+1;;/p-1. The van der Waals surface area contributed by atoms with Gasteiger partial charge in [0.2, 0.25) is 0 Å². The Hall–Kier alpha value is -1.14. The molecule has 0 aromatic heterocycles. The lowest BCUT2D eigenvalue weighted by molar-refractivity contribution is -0.885. The van der Waals surface area contributed by atoms with Gasteiger partial charge in [-0.2, -0.15) is 0 Å². The minimum absolute atomic E-state index is 0.500. The molecular weight excluding hydrogens is 212 g/mol. The fourth-order valence-electron chi connectivity index (χ4n) is 0.907. The first-order valence-electron chi connectivity index (χ1n) is 4.95. The molecule has 0 spiro atoms. The zero-order chi connectivity index (χ0) is 13.6. The van der Waals surface area contributed by atoms with Crippen LogP contribution >= 0.6 is 0 Å². The van der Waals surface area contributed by atoms with E-state index < -0.39 is 12.9 Å². The van der Waals surface area contributed by atoms with Gasteiger partial charge in [0.25, 0.3) is 0 Å². The third-order valence-corrected chi connectivity index (χ3v) is 1.51. The first kappa shape index (κ1) is 20.3. The lowest BCUT2D eigenvalue weighted by Crippen LogP contribution is -3.05. The average Bonchev–Trinajstić information content (AvgIpc) is 2.03. The number of hydrogen-bond donors (Lipinski definition) is 1. The Morgan fingerprint density at radius 2 is 1.38 bits per heavy atom. The van der Waals surface area contributed by atoms with E-state index >= 15 is 0 Å². The van der Waals surface area contributed by atoms with Crippen molar-refractivity contribution in [3.8, 4) is 0 Å². The van der Waals surface area contributed by atoms with Crippen molar-refractivity contribution in [2.24, 2.45) is 0 Å². The van der Waals surface area contributed by atoms with Gasteiger partial charge in [0, 0.05) is 19.4 Å². The van der Waals surface area contributed by atoms with Gasteiger partial charge in [0.1, 0.15) is 0 Å². The molecule has 0 saturated heterocycles. The number of nitrogens with zero attached hydrogens (tertiary/aromatic N) is 1. The normalized spacial score (nSPS) is 9.38. The monoisotopic (exact) mass is 236 g/mol. The smallest absolute Gasteiger partial charge is 0.0834 e. The zero-order valence-electron chi connectivity index (χ0n) is 10.9. The average molecular weight is 236 g/mol. The highest BCUT2D eigenvalue weighted by atomic mass is 16.3. The molecule has 0 radical (unpaired) electrons. The van der Waals surface area contributed by atoms with Crippen LogP contribution in [0.2, 0.25) is 0 Å². The highest BCUT2D eigenvalue weighted by molar-refractivity contribution is 5.29. The van der Waals surface area contributed by atoms with Crippen molar-refractivity contribution in [3.63, 3.8) is 0 Å². The van der Waals surface area contributed by atoms with Crippen LogP contribution in [0.4, 0.5) is 0 Å². The number of nitrogens with one attached hydrogen (secondary N) is 1. The maximum absolute atomic E-state index is 8.25. The van der Waals surface area contributed by atoms with Crippen LogP contribution in [0.5, 0.6) is 0 Å². The van der Waals surface area contributed by atoms with E-state index in [4.69, 9.17) is 19.8 Å². The van der Waals surface area contributed by atoms with Crippen molar-refractivity contribution < 1.29 is 29.2 Å². The molecule has 6 heteroatoms. The zero-order valence-corrected chi connectivity index (χ0v) is 10.9. The van der Waals surface area contributed by atoms with E-state index in [-0.39, 0.29) is 0 Å². The molecule has 0 aliphatic carbocycles. The number of rotatable bonds is 4. The second-order valence-electron chi connectivity index (χ2n) is 4.52. The summed E-state index contributed by atoms with van der Waals surface area (Å²) >= 11 is 0. The lowest BCUT2D eigenvalue weighted by Gasteiger charge is -2.23. The minimum atomic E-state index is -0.500. The van der Waals surface area contributed by atoms with E-state index in [0.29, 0.717) is 0 Å². The molecule has 0 heterocycles. The summed E-state index contributed by atoms with van der Waals surface area (Å²) in [6.45, 7) is 1.57. The van der Waals surface area contributed by atoms with E-state index in [1.54, 1.807) is 4.90 Å². The molecule has 0 aromatic carbocycles. The molecule has 16 heavy (non-hydrogen) atoms. The molecule has 98 valence electrons. The van der Waals surface area contributed by atoms with Gasteiger partial charge in [-0.15, -0.1) is 0 Å². The second kappa shape index (κ2) is 13.9. The summed E-state index contributed by atoms with van der Waals surface area (Å²) in [5.74, 6) is 0. The van der Waals surface area contributed by atoms with Crippen molar-refractivity contribution in [1.82, 2.24) is 0 Å². The van der Waals surface area contributed by atoms with E-state index in [1.165, 1.54) is 19.5 Å². The van der Waals surface area contributed by atoms with Gasteiger partial charge in [-0.25, -0.2) is 0 Å². The number of hydrogen-bond acceptors (Lipinski definition) is 4. The molecule has 0 fully saturated rings. The Balaban J connectivity index is -0.000000235. The maximum atomic E-state index is 8.25. The summed E-state index contributed by atoms with van der Waals surface area (Å²) < 4.78 is 1.09. The van der Waals surface area contributed by atoms with Crippen LogP contribution in [0.15, 0.2) is 0 Å². The van der Waals surface area contributed by atoms with Crippen molar-refractivity contribution in [1.29, 1.82) is 0 Å². The second-order valence-corrected chi connectivity index (χ2v) is 4.52. The highest BCUT2D eigenvalue weighted by Crippen LogP contribution is 1.90. The van der Waals surface area contributed by atoms with Gasteiger partial charge < -0.3 is 29.2 Å². The largest absolute Gasteiger partial charge is 0.554 e. The molecule has 0 aliphatic rings. The first-order valence-corrected chi connectivity index (χ1v) is 4.95. The Morgan fingerprint density at radius 1 is 1.06 bits per heavy atom. The molecule has 0 aliphatic heterocycles. The molecule has 0 aromatic rings. The van der Waals surface area contributed by atoms with Gasteiger partial charge in [-0.1, -0.05) is 0 Å².